The molecule has 2 aliphatic rings. The fraction of sp³-hybridized carbons (Fsp3) is 0.292. The Bertz CT molecular complexity index is 1170. The van der Waals surface area contributed by atoms with Crippen molar-refractivity contribution >= 4 is 5.65 Å². The van der Waals surface area contributed by atoms with Gasteiger partial charge >= 0.3 is 0 Å². The molecule has 1 spiro atoms. The first-order valence-corrected chi connectivity index (χ1v) is 10.2. The maximum Gasteiger partial charge on any atom is 0.182 e. The Kier molecular flexibility index (Phi) is 3.42. The Balaban J connectivity index is 1.65. The van der Waals surface area contributed by atoms with Gasteiger partial charge in [-0.3, -0.25) is 0 Å². The molecule has 4 nitrogen and oxygen atoms in total. The number of nitrogens with zero attached hydrogens (tertiary/aromatic N) is 4. The SMILES string of the molecule is c1ccc(-c2nc3c4c(ncn3n2)-c2ccccc2CC42CCCCC2)cc1. The van der Waals surface area contributed by atoms with Crippen molar-refractivity contribution in [1.29, 1.82) is 0 Å². The quantitative estimate of drug-likeness (QED) is 0.464. The summed E-state index contributed by atoms with van der Waals surface area (Å²) in [6.45, 7) is 0. The highest BCUT2D eigenvalue weighted by molar-refractivity contribution is 5.78. The van der Waals surface area contributed by atoms with Crippen molar-refractivity contribution in [3.63, 3.8) is 0 Å². The van der Waals surface area contributed by atoms with Gasteiger partial charge in [0.15, 0.2) is 11.5 Å². The maximum atomic E-state index is 5.03. The van der Waals surface area contributed by atoms with Crippen LogP contribution in [0.5, 0.6) is 0 Å². The monoisotopic (exact) mass is 366 g/mol. The molecular formula is C24H22N4. The molecule has 2 aliphatic carbocycles. The zero-order valence-corrected chi connectivity index (χ0v) is 15.8. The van der Waals surface area contributed by atoms with Gasteiger partial charge in [-0.2, -0.15) is 0 Å². The second-order valence-corrected chi connectivity index (χ2v) is 8.21. The Morgan fingerprint density at radius 3 is 2.50 bits per heavy atom. The van der Waals surface area contributed by atoms with Gasteiger partial charge in [0.1, 0.15) is 6.33 Å². The minimum absolute atomic E-state index is 0.137. The number of aromatic nitrogens is 4. The Hall–Kier alpha value is -3.01. The largest absolute Gasteiger partial charge is 0.236 e. The lowest BCUT2D eigenvalue weighted by Crippen LogP contribution is -2.36. The van der Waals surface area contributed by atoms with Crippen LogP contribution in [0, 0.1) is 0 Å². The predicted octanol–water partition coefficient (Wildman–Crippen LogP) is 5.22. The molecule has 2 aromatic heterocycles. The first kappa shape index (κ1) is 16.0. The van der Waals surface area contributed by atoms with Gasteiger partial charge in [0.25, 0.3) is 0 Å². The fourth-order valence-corrected chi connectivity index (χ4v) is 5.27. The van der Waals surface area contributed by atoms with Crippen molar-refractivity contribution in [3.8, 4) is 22.6 Å². The summed E-state index contributed by atoms with van der Waals surface area (Å²) in [6.07, 6.45) is 9.24. The molecule has 138 valence electrons. The highest BCUT2D eigenvalue weighted by Crippen LogP contribution is 2.50. The molecule has 0 radical (unpaired) electrons. The van der Waals surface area contributed by atoms with Gasteiger partial charge in [-0.15, -0.1) is 5.10 Å². The molecule has 0 saturated heterocycles. The van der Waals surface area contributed by atoms with Crippen LogP contribution in [0.15, 0.2) is 60.9 Å². The van der Waals surface area contributed by atoms with Gasteiger partial charge in [0.05, 0.1) is 5.69 Å². The van der Waals surface area contributed by atoms with Crippen LogP contribution >= 0.6 is 0 Å². The number of benzene rings is 2. The fourth-order valence-electron chi connectivity index (χ4n) is 5.27. The molecule has 1 saturated carbocycles. The van der Waals surface area contributed by atoms with E-state index in [1.807, 2.05) is 29.0 Å². The van der Waals surface area contributed by atoms with Gasteiger partial charge < -0.3 is 0 Å². The van der Waals surface area contributed by atoms with Crippen LogP contribution in [0.2, 0.25) is 0 Å². The Labute approximate surface area is 164 Å². The van der Waals surface area contributed by atoms with Crippen molar-refractivity contribution in [1.82, 2.24) is 19.6 Å². The molecule has 0 atom stereocenters. The molecule has 0 N–H and O–H groups in total. The molecule has 2 aromatic carbocycles. The molecule has 0 unspecified atom stereocenters. The third-order valence-corrected chi connectivity index (χ3v) is 6.56. The van der Waals surface area contributed by atoms with Crippen molar-refractivity contribution in [3.05, 3.63) is 72.1 Å². The van der Waals surface area contributed by atoms with Gasteiger partial charge in [-0.1, -0.05) is 73.9 Å². The molecule has 1 fully saturated rings. The van der Waals surface area contributed by atoms with E-state index in [1.54, 1.807) is 0 Å². The van der Waals surface area contributed by atoms with E-state index in [1.165, 1.54) is 48.8 Å². The second kappa shape index (κ2) is 5.99. The standard InChI is InChI=1S/C24H22N4/c1-3-9-17(10-4-1)22-26-23-20-21(25-16-28(23)27-22)19-12-6-5-11-18(19)15-24(20)13-7-2-8-14-24/h1,3-6,9-12,16H,2,7-8,13-15H2. The third kappa shape index (κ3) is 2.27. The van der Waals surface area contributed by atoms with Crippen LogP contribution in [-0.2, 0) is 11.8 Å². The van der Waals surface area contributed by atoms with E-state index >= 15 is 0 Å². The average Bonchev–Trinajstić information content (AvgIpc) is 3.19. The van der Waals surface area contributed by atoms with E-state index in [4.69, 9.17) is 15.1 Å². The zero-order chi connectivity index (χ0) is 18.6. The summed E-state index contributed by atoms with van der Waals surface area (Å²) in [7, 11) is 0. The topological polar surface area (TPSA) is 43.1 Å². The van der Waals surface area contributed by atoms with E-state index < -0.39 is 0 Å². The molecule has 4 aromatic rings. The zero-order valence-electron chi connectivity index (χ0n) is 15.8. The number of hydrogen-bond acceptors (Lipinski definition) is 3. The molecule has 0 bridgehead atoms. The van der Waals surface area contributed by atoms with E-state index in [0.29, 0.717) is 0 Å². The van der Waals surface area contributed by atoms with Gasteiger partial charge in [-0.05, 0) is 24.8 Å². The molecule has 0 aliphatic heterocycles. The summed E-state index contributed by atoms with van der Waals surface area (Å²) in [4.78, 5) is 9.94. The molecule has 28 heavy (non-hydrogen) atoms. The van der Waals surface area contributed by atoms with Crippen LogP contribution in [0.4, 0.5) is 0 Å². The van der Waals surface area contributed by atoms with E-state index in [0.717, 1.165) is 29.1 Å². The van der Waals surface area contributed by atoms with Crippen LogP contribution in [0.1, 0.15) is 43.2 Å². The highest BCUT2D eigenvalue weighted by atomic mass is 15.3. The maximum absolute atomic E-state index is 5.03. The van der Waals surface area contributed by atoms with Gasteiger partial charge in [0, 0.05) is 22.1 Å². The van der Waals surface area contributed by atoms with Crippen molar-refractivity contribution < 1.29 is 0 Å². The van der Waals surface area contributed by atoms with Crippen LogP contribution < -0.4 is 0 Å². The Morgan fingerprint density at radius 1 is 0.857 bits per heavy atom. The smallest absolute Gasteiger partial charge is 0.182 e. The van der Waals surface area contributed by atoms with E-state index in [9.17, 15) is 0 Å². The van der Waals surface area contributed by atoms with Crippen LogP contribution in [0.3, 0.4) is 0 Å². The lowest BCUT2D eigenvalue weighted by molar-refractivity contribution is 0.288. The average molecular weight is 366 g/mol. The summed E-state index contributed by atoms with van der Waals surface area (Å²) in [6, 6.07) is 19.0. The van der Waals surface area contributed by atoms with Gasteiger partial charge in [-0.25, -0.2) is 14.5 Å². The first-order valence-electron chi connectivity index (χ1n) is 10.2. The van der Waals surface area contributed by atoms with Crippen molar-refractivity contribution in [2.45, 2.75) is 43.9 Å². The number of hydrogen-bond donors (Lipinski definition) is 0. The third-order valence-electron chi connectivity index (χ3n) is 6.56. The lowest BCUT2D eigenvalue weighted by Gasteiger charge is -2.42. The first-order chi connectivity index (χ1) is 13.8. The predicted molar refractivity (Wildman–Crippen MR) is 110 cm³/mol. The van der Waals surface area contributed by atoms with Crippen molar-refractivity contribution in [2.75, 3.05) is 0 Å². The molecule has 2 heterocycles. The van der Waals surface area contributed by atoms with Crippen LogP contribution in [-0.4, -0.2) is 19.6 Å². The van der Waals surface area contributed by atoms with E-state index in [-0.39, 0.29) is 5.41 Å². The normalized spacial score (nSPS) is 17.4. The lowest BCUT2D eigenvalue weighted by atomic mass is 9.62. The minimum atomic E-state index is 0.137. The molecule has 6 rings (SSSR count). The summed E-state index contributed by atoms with van der Waals surface area (Å²) in [5.74, 6) is 0.778. The molecular weight excluding hydrogens is 344 g/mol. The number of fused-ring (bicyclic) bond motifs is 6. The van der Waals surface area contributed by atoms with Crippen LogP contribution in [0.25, 0.3) is 28.3 Å². The van der Waals surface area contributed by atoms with Crippen molar-refractivity contribution in [2.24, 2.45) is 0 Å². The summed E-state index contributed by atoms with van der Waals surface area (Å²) in [5.41, 5.74) is 7.30. The minimum Gasteiger partial charge on any atom is -0.236 e. The summed E-state index contributed by atoms with van der Waals surface area (Å²) in [5, 5.41) is 4.77. The summed E-state index contributed by atoms with van der Waals surface area (Å²) < 4.78 is 1.89. The number of rotatable bonds is 1. The molecule has 4 heteroatoms. The Morgan fingerprint density at radius 2 is 1.64 bits per heavy atom. The second-order valence-electron chi connectivity index (χ2n) is 8.21. The van der Waals surface area contributed by atoms with Gasteiger partial charge in [0.2, 0.25) is 0 Å². The van der Waals surface area contributed by atoms with E-state index in [2.05, 4.69) is 36.4 Å². The highest BCUT2D eigenvalue weighted by Gasteiger charge is 2.42. The molecule has 0 amide bonds. The summed E-state index contributed by atoms with van der Waals surface area (Å²) >= 11 is 0.